The summed E-state index contributed by atoms with van der Waals surface area (Å²) in [5, 5.41) is 10.4. The van der Waals surface area contributed by atoms with Crippen molar-refractivity contribution in [2.24, 2.45) is 0 Å². The minimum absolute atomic E-state index is 0.0798. The quantitative estimate of drug-likeness (QED) is 0.148. The van der Waals surface area contributed by atoms with Gasteiger partial charge in [-0.25, -0.2) is 0 Å². The first-order chi connectivity index (χ1) is 26.2. The minimum Gasteiger partial charge on any atom is -0.309 e. The van der Waals surface area contributed by atoms with E-state index in [0.29, 0.717) is 0 Å². The van der Waals surface area contributed by atoms with E-state index in [1.807, 2.05) is 0 Å². The van der Waals surface area contributed by atoms with Gasteiger partial charge in [-0.1, -0.05) is 133 Å². The van der Waals surface area contributed by atoms with Gasteiger partial charge in [-0.3, -0.25) is 10.2 Å². The van der Waals surface area contributed by atoms with Crippen molar-refractivity contribution in [2.45, 2.75) is 31.7 Å². The van der Waals surface area contributed by atoms with Crippen LogP contribution in [0.2, 0.25) is 0 Å². The van der Waals surface area contributed by atoms with E-state index < -0.39 is 0 Å². The Morgan fingerprint density at radius 2 is 1.28 bits per heavy atom. The van der Waals surface area contributed by atoms with Gasteiger partial charge in [0.05, 0.1) is 23.4 Å². The van der Waals surface area contributed by atoms with Crippen molar-refractivity contribution >= 4 is 21.8 Å². The molecule has 10 rings (SSSR count). The molecule has 0 amide bonds. The van der Waals surface area contributed by atoms with Gasteiger partial charge in [0.15, 0.2) is 0 Å². The van der Waals surface area contributed by atoms with E-state index >= 15 is 0 Å². The molecule has 0 bridgehead atoms. The molecule has 258 valence electrons. The van der Waals surface area contributed by atoms with Gasteiger partial charge in [-0.2, -0.15) is 0 Å². The Balaban J connectivity index is 1.08. The molecule has 1 aromatic heterocycles. The van der Waals surface area contributed by atoms with Gasteiger partial charge in [-0.05, 0) is 112 Å². The van der Waals surface area contributed by atoms with E-state index in [2.05, 4.69) is 192 Å². The molecule has 1 heterocycles. The van der Waals surface area contributed by atoms with Crippen LogP contribution in [-0.2, 0) is 19.4 Å². The summed E-state index contributed by atoms with van der Waals surface area (Å²) in [7, 11) is 4.35. The highest BCUT2D eigenvalue weighted by molar-refractivity contribution is 6.09. The first-order valence-electron chi connectivity index (χ1n) is 18.8. The van der Waals surface area contributed by atoms with Crippen LogP contribution in [0.15, 0.2) is 158 Å². The first kappa shape index (κ1) is 31.9. The van der Waals surface area contributed by atoms with Gasteiger partial charge < -0.3 is 9.88 Å². The zero-order chi connectivity index (χ0) is 35.5. The molecule has 2 unspecified atom stereocenters. The molecule has 53 heavy (non-hydrogen) atoms. The predicted octanol–water partition coefficient (Wildman–Crippen LogP) is 10.6. The average molecular weight is 687 g/mol. The van der Waals surface area contributed by atoms with E-state index in [4.69, 9.17) is 0 Å². The highest BCUT2D eigenvalue weighted by Crippen LogP contribution is 2.43. The number of hydrogen-bond acceptors (Lipinski definition) is 3. The summed E-state index contributed by atoms with van der Waals surface area (Å²) >= 11 is 0. The highest BCUT2D eigenvalue weighted by atomic mass is 15.3. The second-order valence-corrected chi connectivity index (χ2v) is 14.7. The lowest BCUT2D eigenvalue weighted by molar-refractivity contribution is 0.174. The summed E-state index contributed by atoms with van der Waals surface area (Å²) < 4.78 is 2.40. The number of fused-ring (bicyclic) bond motifs is 9. The van der Waals surface area contributed by atoms with E-state index in [-0.39, 0.29) is 12.3 Å². The predicted molar refractivity (Wildman–Crippen MR) is 219 cm³/mol. The summed E-state index contributed by atoms with van der Waals surface area (Å²) in [4.78, 5) is 2.51. The molecule has 2 N–H and O–H groups in total. The lowest BCUT2D eigenvalue weighted by atomic mass is 9.95. The van der Waals surface area contributed by atoms with Crippen LogP contribution >= 0.6 is 0 Å². The lowest BCUT2D eigenvalue weighted by Gasteiger charge is -2.35. The van der Waals surface area contributed by atoms with Crippen molar-refractivity contribution in [3.63, 3.8) is 0 Å². The van der Waals surface area contributed by atoms with Crippen molar-refractivity contribution in [3.8, 4) is 27.9 Å². The van der Waals surface area contributed by atoms with Crippen LogP contribution in [0, 0.1) is 0 Å². The van der Waals surface area contributed by atoms with Crippen LogP contribution in [0.5, 0.6) is 0 Å². The van der Waals surface area contributed by atoms with E-state index in [0.717, 1.165) is 19.4 Å². The third kappa shape index (κ3) is 5.33. The van der Waals surface area contributed by atoms with Crippen molar-refractivity contribution in [1.82, 2.24) is 20.1 Å². The summed E-state index contributed by atoms with van der Waals surface area (Å²) in [5.41, 5.74) is 18.6. The second kappa shape index (κ2) is 13.0. The fraction of sp³-hybridized carbons (Fsp3) is 0.143. The molecule has 7 aromatic carbocycles. The van der Waals surface area contributed by atoms with Crippen molar-refractivity contribution in [2.75, 3.05) is 14.1 Å². The van der Waals surface area contributed by atoms with E-state index in [1.54, 1.807) is 0 Å². The molecular weight excluding hydrogens is 645 g/mol. The Hall–Kier alpha value is -5.78. The number of para-hydroxylation sites is 2. The van der Waals surface area contributed by atoms with Gasteiger partial charge in [0.25, 0.3) is 0 Å². The Morgan fingerprint density at radius 3 is 2.13 bits per heavy atom. The van der Waals surface area contributed by atoms with Crippen LogP contribution in [0.3, 0.4) is 0 Å². The van der Waals surface area contributed by atoms with Crippen LogP contribution in [-0.4, -0.2) is 23.6 Å². The summed E-state index contributed by atoms with van der Waals surface area (Å²) in [6.45, 7) is 0.817. The lowest BCUT2D eigenvalue weighted by Crippen LogP contribution is -2.42. The number of nitrogens with zero attached hydrogens (tertiary/aromatic N) is 2. The smallest absolute Gasteiger partial charge is 0.0881 e. The molecule has 0 fully saturated rings. The largest absolute Gasteiger partial charge is 0.309 e. The Bertz CT molecular complexity index is 2650. The Labute approximate surface area is 311 Å². The topological polar surface area (TPSA) is 32.2 Å². The Kier molecular flexibility index (Phi) is 7.84. The van der Waals surface area contributed by atoms with Gasteiger partial charge in [0, 0.05) is 23.0 Å². The van der Waals surface area contributed by atoms with E-state index in [1.165, 1.54) is 88.7 Å². The highest BCUT2D eigenvalue weighted by Gasteiger charge is 2.30. The molecule has 0 radical (unpaired) electrons. The maximum absolute atomic E-state index is 4.17. The number of benzene rings is 7. The molecule has 4 nitrogen and oxygen atoms in total. The zero-order valence-electron chi connectivity index (χ0n) is 30.2. The number of rotatable bonds is 9. The third-order valence-electron chi connectivity index (χ3n) is 11.6. The number of hydrogen-bond donors (Lipinski definition) is 2. The molecule has 2 aliphatic carbocycles. The molecule has 2 aliphatic rings. The molecule has 8 aromatic rings. The molecule has 2 atom stereocenters. The van der Waals surface area contributed by atoms with Crippen LogP contribution in [0.4, 0.5) is 0 Å². The monoisotopic (exact) mass is 686 g/mol. The van der Waals surface area contributed by atoms with Crippen LogP contribution < -0.4 is 10.6 Å². The molecular formula is C49H42N4. The molecule has 0 saturated carbocycles. The van der Waals surface area contributed by atoms with Gasteiger partial charge in [0.1, 0.15) is 0 Å². The van der Waals surface area contributed by atoms with Crippen molar-refractivity contribution in [3.05, 3.63) is 197 Å². The summed E-state index contributed by atoms with van der Waals surface area (Å²) in [6, 6.07) is 58.0. The third-order valence-corrected chi connectivity index (χ3v) is 11.6. The molecule has 0 spiro atoms. The van der Waals surface area contributed by atoms with Crippen molar-refractivity contribution in [1.29, 1.82) is 0 Å². The zero-order valence-corrected chi connectivity index (χ0v) is 30.2. The van der Waals surface area contributed by atoms with Crippen molar-refractivity contribution < 1.29 is 0 Å². The average Bonchev–Trinajstić information content (AvgIpc) is 3.89. The van der Waals surface area contributed by atoms with E-state index in [9.17, 15) is 0 Å². The van der Waals surface area contributed by atoms with Crippen LogP contribution in [0.25, 0.3) is 49.7 Å². The van der Waals surface area contributed by atoms with Gasteiger partial charge in [-0.15, -0.1) is 0 Å². The first-order valence-corrected chi connectivity index (χ1v) is 18.8. The summed E-state index contributed by atoms with van der Waals surface area (Å²) in [5.74, 6) is 0. The fourth-order valence-electron chi connectivity index (χ4n) is 9.16. The minimum atomic E-state index is -0.118. The molecule has 0 aliphatic heterocycles. The van der Waals surface area contributed by atoms with Gasteiger partial charge in [0.2, 0.25) is 0 Å². The molecule has 4 heteroatoms. The number of nitrogens with one attached hydrogen (secondary N) is 2. The SMILES string of the molecule is CNC(NC(c1cccc2c1-c1ccccc1C2)N(C)Cc1cccc2c1Cc1ccccc1-2)c1ccc2c3ccccc3n(-c3ccccc3)c2c1. The maximum Gasteiger partial charge on any atom is 0.0881 e. The van der Waals surface area contributed by atoms with Gasteiger partial charge >= 0.3 is 0 Å². The van der Waals surface area contributed by atoms with Crippen LogP contribution in [0.1, 0.15) is 51.3 Å². The fourth-order valence-corrected chi connectivity index (χ4v) is 9.16. The normalized spacial score (nSPS) is 13.9. The standard InChI is InChI=1S/C49H42N4/c1-50-48(35-26-27-42-41-22-10-11-25-45(41)53(46(42)30-35)37-18-4-3-5-19-37)51-49(43-24-12-16-34-28-32-14-7-9-21-39(32)47(34)43)52(2)31-36-17-13-23-40-38-20-8-6-15-33(38)29-44(36)40/h3-27,30,48-51H,28-29,31H2,1-2H3. The maximum atomic E-state index is 4.17. The summed E-state index contributed by atoms with van der Waals surface area (Å²) in [6.07, 6.45) is 1.75. The Morgan fingerprint density at radius 1 is 0.604 bits per heavy atom. The second-order valence-electron chi connectivity index (χ2n) is 14.7. The number of aromatic nitrogens is 1. The molecule has 0 saturated heterocycles.